The maximum absolute atomic E-state index is 12.8. The number of nitrogens with one attached hydrogen (secondary N) is 1. The van der Waals surface area contributed by atoms with Gasteiger partial charge in [-0.25, -0.2) is 0 Å². The maximum atomic E-state index is 12.8. The molecule has 0 aliphatic carbocycles. The van der Waals surface area contributed by atoms with Gasteiger partial charge in [-0.15, -0.1) is 0 Å². The second-order valence-electron chi connectivity index (χ2n) is 6.87. The van der Waals surface area contributed by atoms with Gasteiger partial charge in [-0.2, -0.15) is 0 Å². The van der Waals surface area contributed by atoms with E-state index in [0.717, 1.165) is 58.8 Å². The Morgan fingerprint density at radius 2 is 2.00 bits per heavy atom. The number of benzene rings is 1. The largest absolute Gasteiger partial charge is 0.492 e. The number of pyridine rings is 1. The monoisotopic (exact) mass is 329 g/mol. The first-order chi connectivity index (χ1) is 11.4. The quantitative estimate of drug-likeness (QED) is 0.918. The van der Waals surface area contributed by atoms with Gasteiger partial charge in [0.05, 0.1) is 23.7 Å². The average Bonchev–Trinajstić information content (AvgIpc) is 2.56. The minimum absolute atomic E-state index is 0.0993. The molecule has 1 aromatic carbocycles. The standard InChI is InChI=1S/C19H27N3O2/c1-11-9-15-17(21(5)14(4)13(3)18(15)23)19(24-6)16(11)22-8-7-20-12(2)10-22/h9,12,20H,7-8,10H2,1-6H3. The van der Waals surface area contributed by atoms with Gasteiger partial charge in [-0.3, -0.25) is 4.79 Å². The summed E-state index contributed by atoms with van der Waals surface area (Å²) >= 11 is 0. The predicted octanol–water partition coefficient (Wildman–Crippen LogP) is 2.27. The van der Waals surface area contributed by atoms with Crippen molar-refractivity contribution in [1.82, 2.24) is 9.88 Å². The lowest BCUT2D eigenvalue weighted by Crippen LogP contribution is -2.49. The third kappa shape index (κ3) is 2.47. The summed E-state index contributed by atoms with van der Waals surface area (Å²) in [6, 6.07) is 2.46. The second kappa shape index (κ2) is 6.13. The Balaban J connectivity index is 2.36. The molecule has 1 fully saturated rings. The number of nitrogens with zero attached hydrogens (tertiary/aromatic N) is 2. The minimum Gasteiger partial charge on any atom is -0.492 e. The third-order valence-corrected chi connectivity index (χ3v) is 5.28. The topological polar surface area (TPSA) is 46.5 Å². The lowest BCUT2D eigenvalue weighted by molar-refractivity contribution is 0.412. The van der Waals surface area contributed by atoms with Crippen LogP contribution in [-0.4, -0.2) is 37.4 Å². The van der Waals surface area contributed by atoms with Gasteiger partial charge in [0.25, 0.3) is 0 Å². The summed E-state index contributed by atoms with van der Waals surface area (Å²) in [6.07, 6.45) is 0. The van der Waals surface area contributed by atoms with Crippen LogP contribution in [0.15, 0.2) is 10.9 Å². The molecule has 3 rings (SSSR count). The molecule has 5 nitrogen and oxygen atoms in total. The summed E-state index contributed by atoms with van der Waals surface area (Å²) < 4.78 is 7.92. The second-order valence-corrected chi connectivity index (χ2v) is 6.87. The summed E-state index contributed by atoms with van der Waals surface area (Å²) in [5.74, 6) is 0.807. The highest BCUT2D eigenvalue weighted by Crippen LogP contribution is 2.39. The van der Waals surface area contributed by atoms with E-state index in [0.29, 0.717) is 6.04 Å². The lowest BCUT2D eigenvalue weighted by Gasteiger charge is -2.36. The van der Waals surface area contributed by atoms with Crippen LogP contribution in [0.2, 0.25) is 0 Å². The van der Waals surface area contributed by atoms with Crippen LogP contribution < -0.4 is 20.4 Å². The van der Waals surface area contributed by atoms with Gasteiger partial charge in [0.1, 0.15) is 0 Å². The summed E-state index contributed by atoms with van der Waals surface area (Å²) in [7, 11) is 3.70. The smallest absolute Gasteiger partial charge is 0.192 e. The van der Waals surface area contributed by atoms with Crippen molar-refractivity contribution in [2.24, 2.45) is 7.05 Å². The van der Waals surface area contributed by atoms with Crippen molar-refractivity contribution in [3.05, 3.63) is 33.1 Å². The van der Waals surface area contributed by atoms with E-state index in [1.165, 1.54) is 0 Å². The third-order valence-electron chi connectivity index (χ3n) is 5.28. The summed E-state index contributed by atoms with van der Waals surface area (Å²) in [4.78, 5) is 15.1. The van der Waals surface area contributed by atoms with Crippen molar-refractivity contribution in [2.45, 2.75) is 33.7 Å². The van der Waals surface area contributed by atoms with Crippen molar-refractivity contribution >= 4 is 16.6 Å². The Hall–Kier alpha value is -2.01. The number of rotatable bonds is 2. The fourth-order valence-corrected chi connectivity index (χ4v) is 3.78. The van der Waals surface area contributed by atoms with Crippen LogP contribution in [-0.2, 0) is 7.05 Å². The molecule has 24 heavy (non-hydrogen) atoms. The fourth-order valence-electron chi connectivity index (χ4n) is 3.78. The van der Waals surface area contributed by atoms with Crippen LogP contribution >= 0.6 is 0 Å². The van der Waals surface area contributed by atoms with Crippen molar-refractivity contribution in [1.29, 1.82) is 0 Å². The first-order valence-corrected chi connectivity index (χ1v) is 8.52. The van der Waals surface area contributed by atoms with Gasteiger partial charge in [-0.05, 0) is 39.3 Å². The number of ether oxygens (including phenoxy) is 1. The zero-order valence-corrected chi connectivity index (χ0v) is 15.5. The molecule has 0 spiro atoms. The highest BCUT2D eigenvalue weighted by atomic mass is 16.5. The lowest BCUT2D eigenvalue weighted by atomic mass is 10.0. The van der Waals surface area contributed by atoms with Gasteiger partial charge >= 0.3 is 0 Å². The van der Waals surface area contributed by atoms with E-state index in [1.807, 2.05) is 27.0 Å². The van der Waals surface area contributed by atoms with Gasteiger partial charge in [0.2, 0.25) is 0 Å². The van der Waals surface area contributed by atoms with E-state index < -0.39 is 0 Å². The van der Waals surface area contributed by atoms with E-state index in [1.54, 1.807) is 7.11 Å². The van der Waals surface area contributed by atoms with Crippen molar-refractivity contribution in [3.8, 4) is 5.75 Å². The predicted molar refractivity (Wildman–Crippen MR) is 99.6 cm³/mol. The molecule has 1 atom stereocenters. The zero-order chi connectivity index (χ0) is 17.6. The highest BCUT2D eigenvalue weighted by molar-refractivity contribution is 5.93. The maximum Gasteiger partial charge on any atom is 0.192 e. The van der Waals surface area contributed by atoms with Gasteiger partial charge in [0, 0.05) is 44.0 Å². The van der Waals surface area contributed by atoms with E-state index in [4.69, 9.17) is 4.74 Å². The Kier molecular flexibility index (Phi) is 4.30. The molecule has 0 amide bonds. The Morgan fingerprint density at radius 1 is 1.29 bits per heavy atom. The molecule has 1 N–H and O–H groups in total. The molecular formula is C19H27N3O2. The van der Waals surface area contributed by atoms with Crippen LogP contribution in [0.25, 0.3) is 10.9 Å². The molecule has 1 unspecified atom stereocenters. The number of anilines is 1. The number of methoxy groups -OCH3 is 1. The summed E-state index contributed by atoms with van der Waals surface area (Å²) in [6.45, 7) is 11.0. The van der Waals surface area contributed by atoms with Crippen LogP contribution in [0.3, 0.4) is 0 Å². The first-order valence-electron chi connectivity index (χ1n) is 8.52. The number of hydrogen-bond acceptors (Lipinski definition) is 4. The normalized spacial score (nSPS) is 18.2. The number of aromatic nitrogens is 1. The van der Waals surface area contributed by atoms with Crippen molar-refractivity contribution in [2.75, 3.05) is 31.6 Å². The molecule has 130 valence electrons. The van der Waals surface area contributed by atoms with Crippen LogP contribution in [0.1, 0.15) is 23.7 Å². The molecule has 0 radical (unpaired) electrons. The number of aryl methyl sites for hydroxylation is 2. The number of hydrogen-bond donors (Lipinski definition) is 1. The average molecular weight is 329 g/mol. The highest BCUT2D eigenvalue weighted by Gasteiger charge is 2.24. The molecule has 0 saturated carbocycles. The van der Waals surface area contributed by atoms with E-state index in [-0.39, 0.29) is 5.43 Å². The molecule has 2 aromatic rings. The van der Waals surface area contributed by atoms with Crippen LogP contribution in [0.4, 0.5) is 5.69 Å². The number of piperazine rings is 1. The molecule has 1 aromatic heterocycles. The minimum atomic E-state index is 0.0993. The molecule has 1 aliphatic rings. The van der Waals surface area contributed by atoms with Crippen molar-refractivity contribution in [3.63, 3.8) is 0 Å². The molecule has 1 saturated heterocycles. The van der Waals surface area contributed by atoms with Crippen molar-refractivity contribution < 1.29 is 4.74 Å². The zero-order valence-electron chi connectivity index (χ0n) is 15.5. The summed E-state index contributed by atoms with van der Waals surface area (Å²) in [5, 5.41) is 4.21. The van der Waals surface area contributed by atoms with E-state index in [9.17, 15) is 4.79 Å². The Bertz CT molecular complexity index is 854. The van der Waals surface area contributed by atoms with E-state index in [2.05, 4.69) is 28.6 Å². The van der Waals surface area contributed by atoms with E-state index >= 15 is 0 Å². The Morgan fingerprint density at radius 3 is 2.62 bits per heavy atom. The number of fused-ring (bicyclic) bond motifs is 1. The molecule has 0 bridgehead atoms. The fraction of sp³-hybridized carbons (Fsp3) is 0.526. The molecule has 5 heteroatoms. The molecule has 1 aliphatic heterocycles. The van der Waals surface area contributed by atoms with Crippen LogP contribution in [0, 0.1) is 20.8 Å². The van der Waals surface area contributed by atoms with Gasteiger partial charge in [-0.1, -0.05) is 0 Å². The van der Waals surface area contributed by atoms with Crippen LogP contribution in [0.5, 0.6) is 5.75 Å². The van der Waals surface area contributed by atoms with Gasteiger partial charge in [0.15, 0.2) is 11.2 Å². The van der Waals surface area contributed by atoms with Gasteiger partial charge < -0.3 is 19.5 Å². The summed E-state index contributed by atoms with van der Waals surface area (Å²) in [5.41, 5.74) is 4.97. The first kappa shape index (κ1) is 16.8. The Labute approximate surface area is 143 Å². The molecular weight excluding hydrogens is 302 g/mol. The molecule has 2 heterocycles. The SMILES string of the molecule is COc1c(N2CCNC(C)C2)c(C)cc2c(=O)c(C)c(C)n(C)c12.